The molecule has 3 atom stereocenters. The van der Waals surface area contributed by atoms with Crippen LogP contribution in [0, 0.1) is 5.92 Å². The van der Waals surface area contributed by atoms with E-state index in [2.05, 4.69) is 11.4 Å². The standard InChI is InChI=1S/C19H18N2O3S/c1-19-10-14(16(22)24-2)15(21(19)18(25)20-17(19)23)13-8-7-11-5-3-4-6-12(11)9-13/h3-9,14-15H,10H2,1-2H3,(H,20,23,25)/t14?,15-,19-/m0/s1. The molecule has 0 aliphatic carbocycles. The molecule has 128 valence electrons. The number of rotatable bonds is 2. The Labute approximate surface area is 150 Å². The van der Waals surface area contributed by atoms with Gasteiger partial charge in [0.25, 0.3) is 5.91 Å². The Bertz CT molecular complexity index is 912. The summed E-state index contributed by atoms with van der Waals surface area (Å²) in [5.74, 6) is -0.917. The number of hydrogen-bond donors (Lipinski definition) is 1. The molecule has 2 aromatic rings. The molecule has 2 aromatic carbocycles. The number of nitrogens with one attached hydrogen (secondary N) is 1. The predicted octanol–water partition coefficient (Wildman–Crippen LogP) is 2.55. The van der Waals surface area contributed by atoms with Gasteiger partial charge in [0.05, 0.1) is 19.1 Å². The highest BCUT2D eigenvalue weighted by atomic mass is 32.1. The molecule has 1 amide bonds. The first-order valence-electron chi connectivity index (χ1n) is 8.17. The maximum atomic E-state index is 12.4. The molecular formula is C19H18N2O3S. The van der Waals surface area contributed by atoms with Gasteiger partial charge in [0.2, 0.25) is 0 Å². The SMILES string of the molecule is COC(=O)C1C[C@@]2(C)C(=O)NC(=S)N2[C@H]1c1ccc2ccccc2c1. The molecule has 2 aliphatic heterocycles. The molecule has 2 aliphatic rings. The lowest BCUT2D eigenvalue weighted by molar-refractivity contribution is -0.146. The predicted molar refractivity (Wildman–Crippen MR) is 97.8 cm³/mol. The fourth-order valence-corrected chi connectivity index (χ4v) is 4.51. The van der Waals surface area contributed by atoms with Crippen LogP contribution in [0.25, 0.3) is 10.8 Å². The van der Waals surface area contributed by atoms with Crippen LogP contribution in [-0.4, -0.2) is 34.5 Å². The number of benzene rings is 2. The molecule has 4 rings (SSSR count). The minimum absolute atomic E-state index is 0.158. The van der Waals surface area contributed by atoms with E-state index in [0.29, 0.717) is 11.5 Å². The zero-order valence-electron chi connectivity index (χ0n) is 14.0. The lowest BCUT2D eigenvalue weighted by Gasteiger charge is -2.31. The number of methoxy groups -OCH3 is 1. The summed E-state index contributed by atoms with van der Waals surface area (Å²) in [6.07, 6.45) is 0.378. The number of esters is 1. The molecule has 0 radical (unpaired) electrons. The number of carbonyl (C=O) groups is 2. The van der Waals surface area contributed by atoms with Gasteiger partial charge in [-0.05, 0) is 48.0 Å². The van der Waals surface area contributed by atoms with Gasteiger partial charge in [0, 0.05) is 0 Å². The van der Waals surface area contributed by atoms with Crippen LogP contribution in [0.5, 0.6) is 0 Å². The Balaban J connectivity index is 1.86. The monoisotopic (exact) mass is 354 g/mol. The van der Waals surface area contributed by atoms with Gasteiger partial charge in [-0.2, -0.15) is 0 Å². The lowest BCUT2D eigenvalue weighted by Crippen LogP contribution is -2.42. The van der Waals surface area contributed by atoms with Crippen LogP contribution < -0.4 is 5.32 Å². The number of amides is 1. The van der Waals surface area contributed by atoms with Gasteiger partial charge in [0.1, 0.15) is 5.54 Å². The maximum Gasteiger partial charge on any atom is 0.311 e. The summed E-state index contributed by atoms with van der Waals surface area (Å²) >= 11 is 5.40. The molecule has 5 nitrogen and oxygen atoms in total. The van der Waals surface area contributed by atoms with Gasteiger partial charge in [-0.3, -0.25) is 9.59 Å². The number of carbonyl (C=O) groups excluding carboxylic acids is 2. The van der Waals surface area contributed by atoms with Gasteiger partial charge < -0.3 is 15.0 Å². The summed E-state index contributed by atoms with van der Waals surface area (Å²) in [6, 6.07) is 13.8. The van der Waals surface area contributed by atoms with Gasteiger partial charge in [0.15, 0.2) is 5.11 Å². The zero-order chi connectivity index (χ0) is 17.8. The molecular weight excluding hydrogens is 336 g/mol. The van der Waals surface area contributed by atoms with Crippen molar-refractivity contribution in [3.8, 4) is 0 Å². The quantitative estimate of drug-likeness (QED) is 0.663. The van der Waals surface area contributed by atoms with Crippen molar-refractivity contribution in [2.75, 3.05) is 7.11 Å². The number of fused-ring (bicyclic) bond motifs is 2. The maximum absolute atomic E-state index is 12.4. The Kier molecular flexibility index (Phi) is 3.54. The average molecular weight is 354 g/mol. The van der Waals surface area contributed by atoms with E-state index in [1.165, 1.54) is 7.11 Å². The smallest absolute Gasteiger partial charge is 0.311 e. The Morgan fingerprint density at radius 1 is 1.28 bits per heavy atom. The topological polar surface area (TPSA) is 58.6 Å². The Morgan fingerprint density at radius 2 is 2.00 bits per heavy atom. The highest BCUT2D eigenvalue weighted by molar-refractivity contribution is 7.80. The first-order chi connectivity index (χ1) is 12.0. The third kappa shape index (κ3) is 2.24. The van der Waals surface area contributed by atoms with E-state index in [1.807, 2.05) is 48.2 Å². The van der Waals surface area contributed by atoms with Crippen molar-refractivity contribution in [1.29, 1.82) is 0 Å². The largest absolute Gasteiger partial charge is 0.469 e. The van der Waals surface area contributed by atoms with E-state index in [0.717, 1.165) is 16.3 Å². The normalized spacial score (nSPS) is 28.2. The number of hydrogen-bond acceptors (Lipinski definition) is 4. The molecule has 2 saturated heterocycles. The summed E-state index contributed by atoms with van der Waals surface area (Å²) in [6.45, 7) is 1.83. The summed E-state index contributed by atoms with van der Waals surface area (Å²) in [4.78, 5) is 26.7. The van der Waals surface area contributed by atoms with Crippen LogP contribution in [0.1, 0.15) is 24.9 Å². The van der Waals surface area contributed by atoms with Crippen LogP contribution in [0.3, 0.4) is 0 Å². The van der Waals surface area contributed by atoms with Crippen molar-refractivity contribution in [2.24, 2.45) is 5.92 Å². The zero-order valence-corrected chi connectivity index (χ0v) is 14.8. The van der Waals surface area contributed by atoms with E-state index < -0.39 is 11.5 Å². The van der Waals surface area contributed by atoms with Crippen molar-refractivity contribution in [3.63, 3.8) is 0 Å². The highest BCUT2D eigenvalue weighted by Crippen LogP contribution is 2.49. The van der Waals surface area contributed by atoms with Gasteiger partial charge in [-0.25, -0.2) is 0 Å². The van der Waals surface area contributed by atoms with Crippen LogP contribution in [0.4, 0.5) is 0 Å². The average Bonchev–Trinajstić information content (AvgIpc) is 3.05. The molecule has 0 bridgehead atoms. The van der Waals surface area contributed by atoms with Crippen molar-refractivity contribution < 1.29 is 14.3 Å². The van der Waals surface area contributed by atoms with E-state index in [1.54, 1.807) is 0 Å². The Morgan fingerprint density at radius 3 is 2.72 bits per heavy atom. The fourth-order valence-electron chi connectivity index (χ4n) is 4.11. The second-order valence-electron chi connectivity index (χ2n) is 6.79. The molecule has 0 aromatic heterocycles. The van der Waals surface area contributed by atoms with Gasteiger partial charge in [-0.15, -0.1) is 0 Å². The molecule has 0 saturated carbocycles. The minimum atomic E-state index is -0.827. The van der Waals surface area contributed by atoms with Crippen molar-refractivity contribution in [1.82, 2.24) is 10.2 Å². The molecule has 25 heavy (non-hydrogen) atoms. The van der Waals surface area contributed by atoms with Crippen LogP contribution >= 0.6 is 12.2 Å². The van der Waals surface area contributed by atoms with Crippen molar-refractivity contribution >= 4 is 40.0 Å². The second-order valence-corrected chi connectivity index (χ2v) is 7.18. The van der Waals surface area contributed by atoms with Crippen LogP contribution in [0.15, 0.2) is 42.5 Å². The molecule has 6 heteroatoms. The first kappa shape index (κ1) is 16.0. The van der Waals surface area contributed by atoms with E-state index in [-0.39, 0.29) is 17.9 Å². The van der Waals surface area contributed by atoms with E-state index >= 15 is 0 Å². The summed E-state index contributed by atoms with van der Waals surface area (Å²) < 4.78 is 5.01. The molecule has 2 fully saturated rings. The van der Waals surface area contributed by atoms with Crippen molar-refractivity contribution in [3.05, 3.63) is 48.0 Å². The molecule has 1 N–H and O–H groups in total. The highest BCUT2D eigenvalue weighted by Gasteiger charge is 2.60. The first-order valence-corrected chi connectivity index (χ1v) is 8.58. The minimum Gasteiger partial charge on any atom is -0.469 e. The summed E-state index contributed by atoms with van der Waals surface area (Å²) in [7, 11) is 1.38. The van der Waals surface area contributed by atoms with Crippen LogP contribution in [0.2, 0.25) is 0 Å². The number of nitrogens with zero attached hydrogens (tertiary/aromatic N) is 1. The third-order valence-corrected chi connectivity index (χ3v) is 5.65. The number of thiocarbonyl (C=S) groups is 1. The van der Waals surface area contributed by atoms with Gasteiger partial charge in [-0.1, -0.05) is 36.4 Å². The number of ether oxygens (including phenoxy) is 1. The molecule has 1 unspecified atom stereocenters. The third-order valence-electron chi connectivity index (χ3n) is 5.36. The lowest BCUT2D eigenvalue weighted by atomic mass is 9.89. The Hall–Kier alpha value is -2.47. The van der Waals surface area contributed by atoms with Crippen molar-refractivity contribution in [2.45, 2.75) is 24.9 Å². The van der Waals surface area contributed by atoms with Crippen LogP contribution in [-0.2, 0) is 14.3 Å². The summed E-state index contributed by atoms with van der Waals surface area (Å²) in [5, 5.41) is 5.32. The van der Waals surface area contributed by atoms with Gasteiger partial charge >= 0.3 is 5.97 Å². The second kappa shape index (κ2) is 5.52. The summed E-state index contributed by atoms with van der Waals surface area (Å²) in [5.41, 5.74) is 0.128. The molecule has 2 heterocycles. The fraction of sp³-hybridized carbons (Fsp3) is 0.316. The molecule has 0 spiro atoms. The van der Waals surface area contributed by atoms with E-state index in [9.17, 15) is 9.59 Å². The van der Waals surface area contributed by atoms with E-state index in [4.69, 9.17) is 17.0 Å².